The van der Waals surface area contributed by atoms with Crippen LogP contribution in [0.3, 0.4) is 0 Å². The van der Waals surface area contributed by atoms with Crippen molar-refractivity contribution in [3.8, 4) is 0 Å². The molecule has 2 rings (SSSR count). The standard InChI is InChI=1S/C14H21N3O2/c1-10(18)11-6-8-17(9-7-11)14(19)12-4-3-5-13(15-2)16-12/h3-5,10-11,18H,6-9H2,1-2H3,(H,15,16). The second-order valence-electron chi connectivity index (χ2n) is 5.03. The predicted octanol–water partition coefficient (Wildman–Crippen LogP) is 1.36. The van der Waals surface area contributed by atoms with Crippen LogP contribution in [0.25, 0.3) is 0 Å². The van der Waals surface area contributed by atoms with E-state index in [1.807, 2.05) is 24.0 Å². The lowest BCUT2D eigenvalue weighted by Crippen LogP contribution is -2.41. The monoisotopic (exact) mass is 263 g/mol. The van der Waals surface area contributed by atoms with Crippen LogP contribution in [-0.2, 0) is 0 Å². The number of amides is 1. The predicted molar refractivity (Wildman–Crippen MR) is 74.1 cm³/mol. The summed E-state index contributed by atoms with van der Waals surface area (Å²) in [5, 5.41) is 12.5. The fraction of sp³-hybridized carbons (Fsp3) is 0.571. The van der Waals surface area contributed by atoms with Crippen LogP contribution in [0.15, 0.2) is 18.2 Å². The van der Waals surface area contributed by atoms with Crippen LogP contribution in [0.1, 0.15) is 30.3 Å². The first-order valence-corrected chi connectivity index (χ1v) is 6.74. The number of aliphatic hydroxyl groups excluding tert-OH is 1. The number of aliphatic hydroxyl groups is 1. The Bertz CT molecular complexity index is 440. The molecule has 0 saturated carbocycles. The molecule has 0 bridgehead atoms. The zero-order valence-electron chi connectivity index (χ0n) is 11.5. The second kappa shape index (κ2) is 6.02. The lowest BCUT2D eigenvalue weighted by molar-refractivity contribution is 0.0517. The first-order valence-electron chi connectivity index (χ1n) is 6.74. The number of pyridine rings is 1. The number of nitrogens with zero attached hydrogens (tertiary/aromatic N) is 2. The highest BCUT2D eigenvalue weighted by molar-refractivity contribution is 5.92. The van der Waals surface area contributed by atoms with E-state index in [4.69, 9.17) is 0 Å². The van der Waals surface area contributed by atoms with Crippen molar-refractivity contribution in [2.75, 3.05) is 25.5 Å². The minimum absolute atomic E-state index is 0.0267. The molecule has 0 aliphatic carbocycles. The molecule has 104 valence electrons. The minimum Gasteiger partial charge on any atom is -0.393 e. The van der Waals surface area contributed by atoms with Gasteiger partial charge in [0.25, 0.3) is 5.91 Å². The molecule has 1 aliphatic rings. The molecule has 5 heteroatoms. The highest BCUT2D eigenvalue weighted by Crippen LogP contribution is 2.21. The minimum atomic E-state index is -0.289. The maximum Gasteiger partial charge on any atom is 0.272 e. The van der Waals surface area contributed by atoms with Crippen LogP contribution >= 0.6 is 0 Å². The molecule has 2 N–H and O–H groups in total. The molecule has 1 aromatic rings. The fourth-order valence-electron chi connectivity index (χ4n) is 2.44. The number of aromatic nitrogens is 1. The van der Waals surface area contributed by atoms with Gasteiger partial charge in [0.1, 0.15) is 11.5 Å². The number of hydrogen-bond acceptors (Lipinski definition) is 4. The van der Waals surface area contributed by atoms with Crippen LogP contribution in [0, 0.1) is 5.92 Å². The Hall–Kier alpha value is -1.62. The van der Waals surface area contributed by atoms with E-state index in [0.717, 1.165) is 12.8 Å². The molecule has 1 aliphatic heterocycles. The quantitative estimate of drug-likeness (QED) is 0.864. The Morgan fingerprint density at radius 1 is 1.47 bits per heavy atom. The first-order chi connectivity index (χ1) is 9.11. The van der Waals surface area contributed by atoms with Crippen molar-refractivity contribution in [2.45, 2.75) is 25.9 Å². The summed E-state index contributed by atoms with van der Waals surface area (Å²) in [5.41, 5.74) is 0.474. The Balaban J connectivity index is 2.01. The molecule has 0 radical (unpaired) electrons. The first kappa shape index (κ1) is 13.8. The Kier molecular flexibility index (Phi) is 4.37. The Labute approximate surface area is 113 Å². The van der Waals surface area contributed by atoms with Gasteiger partial charge in [-0.15, -0.1) is 0 Å². The summed E-state index contributed by atoms with van der Waals surface area (Å²) >= 11 is 0. The van der Waals surface area contributed by atoms with Gasteiger partial charge in [-0.2, -0.15) is 0 Å². The molecule has 5 nitrogen and oxygen atoms in total. The number of hydrogen-bond donors (Lipinski definition) is 2. The maximum atomic E-state index is 12.3. The van der Waals surface area contributed by atoms with Gasteiger partial charge in [-0.3, -0.25) is 4.79 Å². The Morgan fingerprint density at radius 2 is 2.16 bits per heavy atom. The molecular formula is C14H21N3O2. The van der Waals surface area contributed by atoms with E-state index in [2.05, 4.69) is 10.3 Å². The van der Waals surface area contributed by atoms with Gasteiger partial charge in [-0.05, 0) is 37.8 Å². The van der Waals surface area contributed by atoms with E-state index in [0.29, 0.717) is 30.5 Å². The topological polar surface area (TPSA) is 65.5 Å². The summed E-state index contributed by atoms with van der Waals surface area (Å²) in [4.78, 5) is 18.4. The van der Waals surface area contributed by atoms with Gasteiger partial charge in [0.15, 0.2) is 0 Å². The van der Waals surface area contributed by atoms with Crippen molar-refractivity contribution < 1.29 is 9.90 Å². The van der Waals surface area contributed by atoms with Crippen molar-refractivity contribution in [3.63, 3.8) is 0 Å². The van der Waals surface area contributed by atoms with Gasteiger partial charge in [-0.25, -0.2) is 4.98 Å². The summed E-state index contributed by atoms with van der Waals surface area (Å²) in [5.74, 6) is 0.978. The van der Waals surface area contributed by atoms with Gasteiger partial charge >= 0.3 is 0 Å². The molecule has 1 aromatic heterocycles. The number of rotatable bonds is 3. The van der Waals surface area contributed by atoms with Gasteiger partial charge in [0.05, 0.1) is 6.10 Å². The molecule has 1 unspecified atom stereocenters. The third-order valence-corrected chi connectivity index (χ3v) is 3.73. The van der Waals surface area contributed by atoms with Gasteiger partial charge in [0, 0.05) is 20.1 Å². The van der Waals surface area contributed by atoms with E-state index in [1.54, 1.807) is 13.1 Å². The SMILES string of the molecule is CNc1cccc(C(=O)N2CCC(C(C)O)CC2)n1. The van der Waals surface area contributed by atoms with Crippen molar-refractivity contribution in [3.05, 3.63) is 23.9 Å². The molecule has 1 saturated heterocycles. The summed E-state index contributed by atoms with van der Waals surface area (Å²) < 4.78 is 0. The van der Waals surface area contributed by atoms with Crippen LogP contribution < -0.4 is 5.32 Å². The number of likely N-dealkylation sites (tertiary alicyclic amines) is 1. The van der Waals surface area contributed by atoms with Crippen LogP contribution in [0.2, 0.25) is 0 Å². The van der Waals surface area contributed by atoms with Gasteiger partial charge in [-0.1, -0.05) is 6.07 Å². The smallest absolute Gasteiger partial charge is 0.272 e. The van der Waals surface area contributed by atoms with Crippen molar-refractivity contribution in [1.29, 1.82) is 0 Å². The molecule has 1 fully saturated rings. The molecule has 0 spiro atoms. The van der Waals surface area contributed by atoms with Crippen molar-refractivity contribution in [1.82, 2.24) is 9.88 Å². The highest BCUT2D eigenvalue weighted by Gasteiger charge is 2.26. The molecule has 19 heavy (non-hydrogen) atoms. The highest BCUT2D eigenvalue weighted by atomic mass is 16.3. The zero-order chi connectivity index (χ0) is 13.8. The molecule has 1 amide bonds. The van der Waals surface area contributed by atoms with Crippen LogP contribution in [0.4, 0.5) is 5.82 Å². The third-order valence-electron chi connectivity index (χ3n) is 3.73. The summed E-state index contributed by atoms with van der Waals surface area (Å²) in [6.45, 7) is 3.21. The molecule has 0 aromatic carbocycles. The number of piperidine rings is 1. The average Bonchev–Trinajstić information content (AvgIpc) is 2.46. The van der Waals surface area contributed by atoms with Gasteiger partial charge in [0.2, 0.25) is 0 Å². The zero-order valence-corrected chi connectivity index (χ0v) is 11.5. The summed E-state index contributed by atoms with van der Waals surface area (Å²) in [6.07, 6.45) is 1.42. The van der Waals surface area contributed by atoms with E-state index in [-0.39, 0.29) is 12.0 Å². The van der Waals surface area contributed by atoms with Crippen LogP contribution in [-0.4, -0.2) is 47.1 Å². The van der Waals surface area contributed by atoms with Crippen molar-refractivity contribution >= 4 is 11.7 Å². The van der Waals surface area contributed by atoms with E-state index in [9.17, 15) is 9.90 Å². The maximum absolute atomic E-state index is 12.3. The lowest BCUT2D eigenvalue weighted by atomic mass is 9.92. The number of carbonyl (C=O) groups is 1. The van der Waals surface area contributed by atoms with Crippen LogP contribution in [0.5, 0.6) is 0 Å². The molecule has 2 heterocycles. The summed E-state index contributed by atoms with van der Waals surface area (Å²) in [6, 6.07) is 5.40. The second-order valence-corrected chi connectivity index (χ2v) is 5.03. The van der Waals surface area contributed by atoms with E-state index in [1.165, 1.54) is 0 Å². The van der Waals surface area contributed by atoms with E-state index < -0.39 is 0 Å². The largest absolute Gasteiger partial charge is 0.393 e. The number of nitrogens with one attached hydrogen (secondary N) is 1. The molecular weight excluding hydrogens is 242 g/mol. The summed E-state index contributed by atoms with van der Waals surface area (Å²) in [7, 11) is 1.78. The lowest BCUT2D eigenvalue weighted by Gasteiger charge is -2.33. The third kappa shape index (κ3) is 3.23. The normalized spacial score (nSPS) is 18.2. The Morgan fingerprint density at radius 3 is 2.74 bits per heavy atom. The molecule has 1 atom stereocenters. The van der Waals surface area contributed by atoms with Crippen molar-refractivity contribution in [2.24, 2.45) is 5.92 Å². The van der Waals surface area contributed by atoms with E-state index >= 15 is 0 Å². The average molecular weight is 263 g/mol. The number of anilines is 1. The fourth-order valence-corrected chi connectivity index (χ4v) is 2.44. The number of carbonyl (C=O) groups excluding carboxylic acids is 1. The van der Waals surface area contributed by atoms with Gasteiger partial charge < -0.3 is 15.3 Å².